The van der Waals surface area contributed by atoms with Crippen molar-refractivity contribution in [2.75, 3.05) is 13.6 Å². The molecule has 0 spiro atoms. The van der Waals surface area contributed by atoms with E-state index < -0.39 is 0 Å². The Morgan fingerprint density at radius 3 is 2.80 bits per heavy atom. The highest BCUT2D eigenvalue weighted by Gasteiger charge is 2.21. The predicted molar refractivity (Wildman–Crippen MR) is 117 cm³/mol. The summed E-state index contributed by atoms with van der Waals surface area (Å²) < 4.78 is 1.74. The predicted octanol–water partition coefficient (Wildman–Crippen LogP) is 3.84. The molecule has 2 unspecified atom stereocenters. The first-order valence-corrected chi connectivity index (χ1v) is 10.6. The second-order valence-corrected chi connectivity index (χ2v) is 8.05. The van der Waals surface area contributed by atoms with Crippen LogP contribution in [0.25, 0.3) is 5.69 Å². The van der Waals surface area contributed by atoms with Gasteiger partial charge in [-0.2, -0.15) is 5.10 Å². The smallest absolute Gasteiger partial charge is 0.221 e. The Balaban J connectivity index is 1.30. The topological polar surface area (TPSA) is 63.1 Å². The first-order valence-electron chi connectivity index (χ1n) is 10.6. The fraction of sp³-hybridized carbons (Fsp3) is 0.375. The molecule has 0 aliphatic heterocycles. The Kier molecular flexibility index (Phi) is 6.23. The van der Waals surface area contributed by atoms with Crippen LogP contribution in [0.15, 0.2) is 61.2 Å². The van der Waals surface area contributed by atoms with Crippen LogP contribution in [-0.2, 0) is 11.2 Å². The molecule has 156 valence electrons. The monoisotopic (exact) mass is 403 g/mol. The van der Waals surface area contributed by atoms with Crippen LogP contribution in [0.2, 0.25) is 0 Å². The zero-order chi connectivity index (χ0) is 20.9. The van der Waals surface area contributed by atoms with Gasteiger partial charge in [-0.1, -0.05) is 36.4 Å². The summed E-state index contributed by atoms with van der Waals surface area (Å²) in [5, 5.41) is 7.41. The summed E-state index contributed by atoms with van der Waals surface area (Å²) in [5.41, 5.74) is 4.85. The molecule has 0 bridgehead atoms. The maximum atomic E-state index is 12.6. The van der Waals surface area contributed by atoms with E-state index in [0.29, 0.717) is 13.0 Å². The third-order valence-electron chi connectivity index (χ3n) is 6.12. The second kappa shape index (κ2) is 9.22. The van der Waals surface area contributed by atoms with Crippen molar-refractivity contribution in [1.82, 2.24) is 25.0 Å². The highest BCUT2D eigenvalue weighted by atomic mass is 16.1. The van der Waals surface area contributed by atoms with Crippen molar-refractivity contribution in [3.8, 4) is 5.69 Å². The highest BCUT2D eigenvalue weighted by molar-refractivity contribution is 5.76. The van der Waals surface area contributed by atoms with Crippen LogP contribution in [0.3, 0.4) is 0 Å². The molecule has 30 heavy (non-hydrogen) atoms. The minimum Gasteiger partial charge on any atom is -0.349 e. The highest BCUT2D eigenvalue weighted by Crippen LogP contribution is 2.29. The molecule has 2 atom stereocenters. The maximum Gasteiger partial charge on any atom is 0.221 e. The van der Waals surface area contributed by atoms with Crippen molar-refractivity contribution in [2.45, 2.75) is 44.7 Å². The minimum atomic E-state index is 0.122. The molecule has 1 heterocycles. The summed E-state index contributed by atoms with van der Waals surface area (Å²) in [6.45, 7) is 2.88. The summed E-state index contributed by atoms with van der Waals surface area (Å²) in [6.07, 6.45) is 6.97. The van der Waals surface area contributed by atoms with Crippen LogP contribution in [-0.4, -0.2) is 39.2 Å². The van der Waals surface area contributed by atoms with E-state index in [0.717, 1.165) is 24.9 Å². The van der Waals surface area contributed by atoms with Crippen molar-refractivity contribution in [2.24, 2.45) is 0 Å². The summed E-state index contributed by atoms with van der Waals surface area (Å²) in [7, 11) is 2.07. The number of hydrogen-bond donors (Lipinski definition) is 1. The normalized spacial score (nSPS) is 16.8. The van der Waals surface area contributed by atoms with Gasteiger partial charge in [0.25, 0.3) is 0 Å². The molecular formula is C24H29N5O. The standard InChI is InChI=1S/C24H29N5O/c1-18(19-10-12-21(13-11-19)29-17-25-16-26-29)28(2)15-14-24(30)27-23-9-5-7-20-6-3-4-8-22(20)23/h3-4,6,8,10-13,16-18,23H,5,7,9,14-15H2,1-2H3,(H,27,30). The number of nitrogens with zero attached hydrogens (tertiary/aromatic N) is 4. The number of benzene rings is 2. The van der Waals surface area contributed by atoms with Crippen LogP contribution in [0.5, 0.6) is 0 Å². The zero-order valence-electron chi connectivity index (χ0n) is 17.7. The molecule has 2 aromatic carbocycles. The fourth-order valence-corrected chi connectivity index (χ4v) is 4.14. The lowest BCUT2D eigenvalue weighted by Crippen LogP contribution is -2.34. The molecule has 4 rings (SSSR count). The summed E-state index contributed by atoms with van der Waals surface area (Å²) in [5.74, 6) is 0.122. The van der Waals surface area contributed by atoms with Gasteiger partial charge in [0.2, 0.25) is 5.91 Å². The molecule has 3 aromatic rings. The van der Waals surface area contributed by atoms with Crippen molar-refractivity contribution in [3.63, 3.8) is 0 Å². The molecular weight excluding hydrogens is 374 g/mol. The van der Waals surface area contributed by atoms with Gasteiger partial charge >= 0.3 is 0 Å². The average Bonchev–Trinajstić information content (AvgIpc) is 3.32. The van der Waals surface area contributed by atoms with Gasteiger partial charge in [-0.3, -0.25) is 9.69 Å². The second-order valence-electron chi connectivity index (χ2n) is 8.05. The molecule has 0 fully saturated rings. The molecule has 1 aliphatic rings. The Hall–Kier alpha value is -2.99. The SMILES string of the molecule is CC(c1ccc(-n2cncn2)cc1)N(C)CCC(=O)NC1CCCc2ccccc21. The minimum absolute atomic E-state index is 0.122. The van der Waals surface area contributed by atoms with E-state index in [4.69, 9.17) is 0 Å². The number of aromatic nitrogens is 3. The van der Waals surface area contributed by atoms with E-state index in [-0.39, 0.29) is 18.0 Å². The van der Waals surface area contributed by atoms with Gasteiger partial charge in [0.1, 0.15) is 12.7 Å². The zero-order valence-corrected chi connectivity index (χ0v) is 17.7. The molecule has 1 amide bonds. The van der Waals surface area contributed by atoms with Crippen LogP contribution in [0.1, 0.15) is 55.0 Å². The lowest BCUT2D eigenvalue weighted by atomic mass is 9.87. The largest absolute Gasteiger partial charge is 0.349 e. The van der Waals surface area contributed by atoms with Crippen LogP contribution >= 0.6 is 0 Å². The van der Waals surface area contributed by atoms with Crippen molar-refractivity contribution < 1.29 is 4.79 Å². The third kappa shape index (κ3) is 4.60. The number of aryl methyl sites for hydroxylation is 1. The average molecular weight is 404 g/mol. The molecule has 6 heteroatoms. The summed E-state index contributed by atoms with van der Waals surface area (Å²) in [6, 6.07) is 17.1. The molecule has 1 aromatic heterocycles. The summed E-state index contributed by atoms with van der Waals surface area (Å²) >= 11 is 0. The van der Waals surface area contributed by atoms with Gasteiger partial charge in [0.05, 0.1) is 11.7 Å². The van der Waals surface area contributed by atoms with Gasteiger partial charge in [-0.05, 0) is 62.1 Å². The van der Waals surface area contributed by atoms with E-state index in [2.05, 4.69) is 70.7 Å². The molecule has 1 aliphatic carbocycles. The molecule has 0 saturated heterocycles. The van der Waals surface area contributed by atoms with Gasteiger partial charge in [0.15, 0.2) is 0 Å². The number of carbonyl (C=O) groups is 1. The molecule has 6 nitrogen and oxygen atoms in total. The van der Waals surface area contributed by atoms with Crippen LogP contribution in [0, 0.1) is 0 Å². The lowest BCUT2D eigenvalue weighted by molar-refractivity contribution is -0.122. The maximum absolute atomic E-state index is 12.6. The third-order valence-corrected chi connectivity index (χ3v) is 6.12. The molecule has 0 saturated carbocycles. The van der Waals surface area contributed by atoms with Gasteiger partial charge in [-0.15, -0.1) is 0 Å². The first-order chi connectivity index (χ1) is 14.6. The fourth-order valence-electron chi connectivity index (χ4n) is 4.14. The van der Waals surface area contributed by atoms with E-state index in [1.54, 1.807) is 11.0 Å². The number of nitrogens with one attached hydrogen (secondary N) is 1. The van der Waals surface area contributed by atoms with E-state index in [1.807, 2.05) is 12.1 Å². The Morgan fingerprint density at radius 1 is 1.23 bits per heavy atom. The number of rotatable bonds is 7. The van der Waals surface area contributed by atoms with E-state index in [9.17, 15) is 4.79 Å². The number of hydrogen-bond acceptors (Lipinski definition) is 4. The Labute approximate surface area is 177 Å². The van der Waals surface area contributed by atoms with E-state index in [1.165, 1.54) is 23.0 Å². The van der Waals surface area contributed by atoms with Gasteiger partial charge in [0, 0.05) is 19.0 Å². The molecule has 0 radical (unpaired) electrons. The van der Waals surface area contributed by atoms with Crippen molar-refractivity contribution >= 4 is 5.91 Å². The van der Waals surface area contributed by atoms with E-state index >= 15 is 0 Å². The van der Waals surface area contributed by atoms with Crippen molar-refractivity contribution in [1.29, 1.82) is 0 Å². The quantitative estimate of drug-likeness (QED) is 0.651. The van der Waals surface area contributed by atoms with Gasteiger partial charge < -0.3 is 5.32 Å². The number of amides is 1. The Morgan fingerprint density at radius 2 is 2.03 bits per heavy atom. The first kappa shape index (κ1) is 20.3. The number of fused-ring (bicyclic) bond motifs is 1. The number of carbonyl (C=O) groups excluding carboxylic acids is 1. The Bertz CT molecular complexity index is 968. The lowest BCUT2D eigenvalue weighted by Gasteiger charge is -2.28. The summed E-state index contributed by atoms with van der Waals surface area (Å²) in [4.78, 5) is 18.8. The molecule has 1 N–H and O–H groups in total. The van der Waals surface area contributed by atoms with Gasteiger partial charge in [-0.25, -0.2) is 9.67 Å². The van der Waals surface area contributed by atoms with Crippen molar-refractivity contribution in [3.05, 3.63) is 77.9 Å². The van der Waals surface area contributed by atoms with Crippen LogP contribution in [0.4, 0.5) is 0 Å². The van der Waals surface area contributed by atoms with Crippen LogP contribution < -0.4 is 5.32 Å².